The molecule has 1 aromatic heterocycles. The average molecular weight is 193 g/mol. The van der Waals surface area contributed by atoms with E-state index in [4.69, 9.17) is 4.74 Å². The van der Waals surface area contributed by atoms with Crippen molar-refractivity contribution in [2.75, 3.05) is 24.7 Å². The molecule has 4 nitrogen and oxygen atoms in total. The lowest BCUT2D eigenvalue weighted by Crippen LogP contribution is -2.35. The third-order valence-corrected chi connectivity index (χ3v) is 2.50. The van der Waals surface area contributed by atoms with E-state index < -0.39 is 0 Å². The summed E-state index contributed by atoms with van der Waals surface area (Å²) in [6.45, 7) is 4.67. The molecule has 2 rings (SSSR count). The highest BCUT2D eigenvalue weighted by Gasteiger charge is 2.18. The van der Waals surface area contributed by atoms with E-state index in [0.717, 1.165) is 32.1 Å². The highest BCUT2D eigenvalue weighted by Crippen LogP contribution is 2.14. The summed E-state index contributed by atoms with van der Waals surface area (Å²) in [4.78, 5) is 10.7. The molecule has 1 aliphatic heterocycles. The van der Waals surface area contributed by atoms with Crippen LogP contribution in [0.15, 0.2) is 18.5 Å². The summed E-state index contributed by atoms with van der Waals surface area (Å²) in [6, 6.07) is 2.29. The molecule has 0 radical (unpaired) electrons. The lowest BCUT2D eigenvalue weighted by Gasteiger charge is -2.25. The van der Waals surface area contributed by atoms with Crippen LogP contribution in [0.25, 0.3) is 0 Å². The van der Waals surface area contributed by atoms with Gasteiger partial charge in [-0.3, -0.25) is 0 Å². The molecule has 1 saturated heterocycles. The SMILES string of the molecule is CC1CCOCCN1c1ncccn1. The van der Waals surface area contributed by atoms with Gasteiger partial charge < -0.3 is 9.64 Å². The predicted octanol–water partition coefficient (Wildman–Crippen LogP) is 1.09. The zero-order chi connectivity index (χ0) is 9.80. The Morgan fingerprint density at radius 2 is 2.14 bits per heavy atom. The number of rotatable bonds is 1. The quantitative estimate of drug-likeness (QED) is 0.669. The van der Waals surface area contributed by atoms with Gasteiger partial charge >= 0.3 is 0 Å². The Morgan fingerprint density at radius 3 is 2.93 bits per heavy atom. The normalized spacial score (nSPS) is 23.2. The molecule has 14 heavy (non-hydrogen) atoms. The fourth-order valence-corrected chi connectivity index (χ4v) is 1.63. The van der Waals surface area contributed by atoms with Crippen LogP contribution in [-0.4, -0.2) is 35.8 Å². The second-order valence-corrected chi connectivity index (χ2v) is 3.49. The van der Waals surface area contributed by atoms with Crippen molar-refractivity contribution in [3.8, 4) is 0 Å². The number of hydrogen-bond donors (Lipinski definition) is 0. The van der Waals surface area contributed by atoms with Crippen molar-refractivity contribution in [3.63, 3.8) is 0 Å². The summed E-state index contributed by atoms with van der Waals surface area (Å²) >= 11 is 0. The molecule has 2 heterocycles. The highest BCUT2D eigenvalue weighted by molar-refractivity contribution is 5.30. The van der Waals surface area contributed by atoms with E-state index in [1.807, 2.05) is 6.07 Å². The average Bonchev–Trinajstić information content (AvgIpc) is 2.44. The van der Waals surface area contributed by atoms with Crippen molar-refractivity contribution < 1.29 is 4.74 Å². The van der Waals surface area contributed by atoms with Gasteiger partial charge in [-0.1, -0.05) is 0 Å². The highest BCUT2D eigenvalue weighted by atomic mass is 16.5. The van der Waals surface area contributed by atoms with Crippen LogP contribution in [0.1, 0.15) is 13.3 Å². The van der Waals surface area contributed by atoms with Gasteiger partial charge in [0.25, 0.3) is 0 Å². The van der Waals surface area contributed by atoms with Crippen LogP contribution in [0.5, 0.6) is 0 Å². The predicted molar refractivity (Wildman–Crippen MR) is 54.3 cm³/mol. The standard InChI is InChI=1S/C10H15N3O/c1-9-3-7-14-8-6-13(9)10-11-4-2-5-12-10/h2,4-5,9H,3,6-8H2,1H3. The molecular formula is C10H15N3O. The Kier molecular flexibility index (Phi) is 2.93. The molecule has 1 aromatic rings. The van der Waals surface area contributed by atoms with Gasteiger partial charge in [0.2, 0.25) is 5.95 Å². The summed E-state index contributed by atoms with van der Waals surface area (Å²) in [5.41, 5.74) is 0. The molecular weight excluding hydrogens is 178 g/mol. The van der Waals surface area contributed by atoms with Crippen LogP contribution < -0.4 is 4.90 Å². The summed E-state index contributed by atoms with van der Waals surface area (Å²) in [5, 5.41) is 0. The van der Waals surface area contributed by atoms with Crippen LogP contribution in [0, 0.1) is 0 Å². The van der Waals surface area contributed by atoms with Gasteiger partial charge in [0, 0.05) is 31.6 Å². The molecule has 0 N–H and O–H groups in total. The Morgan fingerprint density at radius 1 is 1.36 bits per heavy atom. The van der Waals surface area contributed by atoms with E-state index in [1.165, 1.54) is 0 Å². The van der Waals surface area contributed by atoms with Gasteiger partial charge in [-0.2, -0.15) is 0 Å². The Hall–Kier alpha value is -1.16. The van der Waals surface area contributed by atoms with E-state index >= 15 is 0 Å². The van der Waals surface area contributed by atoms with Crippen molar-refractivity contribution in [1.29, 1.82) is 0 Å². The monoisotopic (exact) mass is 193 g/mol. The molecule has 0 aliphatic carbocycles. The minimum absolute atomic E-state index is 0.458. The molecule has 4 heteroatoms. The third kappa shape index (κ3) is 2.01. The van der Waals surface area contributed by atoms with E-state index in [2.05, 4.69) is 21.8 Å². The zero-order valence-electron chi connectivity index (χ0n) is 8.39. The maximum atomic E-state index is 5.42. The van der Waals surface area contributed by atoms with Gasteiger partial charge in [0.15, 0.2) is 0 Å². The molecule has 0 aromatic carbocycles. The molecule has 1 unspecified atom stereocenters. The maximum Gasteiger partial charge on any atom is 0.225 e. The van der Waals surface area contributed by atoms with Crippen LogP contribution in [-0.2, 0) is 4.74 Å². The third-order valence-electron chi connectivity index (χ3n) is 2.50. The van der Waals surface area contributed by atoms with Gasteiger partial charge in [0.1, 0.15) is 0 Å². The van der Waals surface area contributed by atoms with E-state index in [0.29, 0.717) is 6.04 Å². The largest absolute Gasteiger partial charge is 0.380 e. The molecule has 1 atom stereocenters. The number of hydrogen-bond acceptors (Lipinski definition) is 4. The molecule has 1 aliphatic rings. The van der Waals surface area contributed by atoms with Gasteiger partial charge in [-0.15, -0.1) is 0 Å². The Balaban J connectivity index is 2.15. The first-order valence-corrected chi connectivity index (χ1v) is 4.99. The number of ether oxygens (including phenoxy) is 1. The van der Waals surface area contributed by atoms with Crippen molar-refractivity contribution in [1.82, 2.24) is 9.97 Å². The topological polar surface area (TPSA) is 38.2 Å². The first kappa shape index (κ1) is 9.40. The first-order chi connectivity index (χ1) is 6.88. The van der Waals surface area contributed by atoms with Crippen LogP contribution in [0.3, 0.4) is 0 Å². The van der Waals surface area contributed by atoms with E-state index in [9.17, 15) is 0 Å². The smallest absolute Gasteiger partial charge is 0.225 e. The van der Waals surface area contributed by atoms with Crippen LogP contribution in [0.2, 0.25) is 0 Å². The minimum atomic E-state index is 0.458. The second-order valence-electron chi connectivity index (χ2n) is 3.49. The lowest BCUT2D eigenvalue weighted by molar-refractivity contribution is 0.150. The van der Waals surface area contributed by atoms with E-state index in [-0.39, 0.29) is 0 Å². The molecule has 0 spiro atoms. The molecule has 1 fully saturated rings. The zero-order valence-corrected chi connectivity index (χ0v) is 8.39. The van der Waals surface area contributed by atoms with Gasteiger partial charge in [-0.05, 0) is 19.4 Å². The Labute approximate surface area is 83.9 Å². The summed E-state index contributed by atoms with van der Waals surface area (Å²) in [7, 11) is 0. The summed E-state index contributed by atoms with van der Waals surface area (Å²) < 4.78 is 5.42. The van der Waals surface area contributed by atoms with E-state index in [1.54, 1.807) is 12.4 Å². The molecule has 0 amide bonds. The van der Waals surface area contributed by atoms with Crippen molar-refractivity contribution >= 4 is 5.95 Å². The number of aromatic nitrogens is 2. The minimum Gasteiger partial charge on any atom is -0.380 e. The lowest BCUT2D eigenvalue weighted by atomic mass is 10.2. The number of anilines is 1. The fraction of sp³-hybridized carbons (Fsp3) is 0.600. The Bertz CT molecular complexity index is 278. The van der Waals surface area contributed by atoms with Gasteiger partial charge in [-0.25, -0.2) is 9.97 Å². The summed E-state index contributed by atoms with van der Waals surface area (Å²) in [5.74, 6) is 0.811. The molecule has 0 bridgehead atoms. The second kappa shape index (κ2) is 4.37. The fourth-order valence-electron chi connectivity index (χ4n) is 1.63. The first-order valence-electron chi connectivity index (χ1n) is 4.99. The van der Waals surface area contributed by atoms with Gasteiger partial charge in [0.05, 0.1) is 6.61 Å². The van der Waals surface area contributed by atoms with Crippen molar-refractivity contribution in [2.24, 2.45) is 0 Å². The molecule has 76 valence electrons. The maximum absolute atomic E-state index is 5.42. The van der Waals surface area contributed by atoms with Crippen molar-refractivity contribution in [2.45, 2.75) is 19.4 Å². The molecule has 0 saturated carbocycles. The van der Waals surface area contributed by atoms with Crippen LogP contribution >= 0.6 is 0 Å². The summed E-state index contributed by atoms with van der Waals surface area (Å²) in [6.07, 6.45) is 4.60. The number of nitrogens with zero attached hydrogens (tertiary/aromatic N) is 3. The van der Waals surface area contributed by atoms with Crippen molar-refractivity contribution in [3.05, 3.63) is 18.5 Å². The van der Waals surface area contributed by atoms with Crippen LogP contribution in [0.4, 0.5) is 5.95 Å².